The summed E-state index contributed by atoms with van der Waals surface area (Å²) in [5.41, 5.74) is 3.88. The Hall–Kier alpha value is -2.70. The minimum Gasteiger partial charge on any atom is -0.344 e. The molecule has 3 N–H and O–H groups in total. The summed E-state index contributed by atoms with van der Waals surface area (Å²) in [6.07, 6.45) is 0. The highest BCUT2D eigenvalue weighted by Gasteiger charge is 2.22. The number of benzene rings is 2. The lowest BCUT2D eigenvalue weighted by molar-refractivity contribution is 0.0706. The van der Waals surface area contributed by atoms with Crippen LogP contribution in [0.3, 0.4) is 0 Å². The third-order valence-electron chi connectivity index (χ3n) is 4.64. The first-order valence-electron chi connectivity index (χ1n) is 8.75. The van der Waals surface area contributed by atoms with Crippen molar-refractivity contribution in [1.29, 1.82) is 0 Å². The van der Waals surface area contributed by atoms with E-state index in [-0.39, 0.29) is 17.9 Å². The molecule has 0 saturated carbocycles. The average molecular weight is 382 g/mol. The molecule has 0 aliphatic heterocycles. The third kappa shape index (κ3) is 3.86. The molecule has 2 aromatic carbocycles. The number of hydrogen-bond acceptors (Lipinski definition) is 4. The van der Waals surface area contributed by atoms with Crippen molar-refractivity contribution in [3.63, 3.8) is 0 Å². The lowest BCUT2D eigenvalue weighted by Gasteiger charge is -2.23. The standard InChI is InChI=1S/C21H22N2O3S/c1-12(2)18(14-8-10-15(11-9-14)20(24)23-26)22-21(25)19-13(3)16-6-4-5-7-17(16)27-19/h4-12,18,26H,1-3H3,(H,22,25)(H,23,24)/t18-/m1/s1. The summed E-state index contributed by atoms with van der Waals surface area (Å²) in [6, 6.07) is 14.7. The molecule has 0 fully saturated rings. The van der Waals surface area contributed by atoms with Crippen LogP contribution in [0.2, 0.25) is 0 Å². The van der Waals surface area contributed by atoms with Crippen molar-refractivity contribution in [1.82, 2.24) is 10.8 Å². The number of nitrogens with one attached hydrogen (secondary N) is 2. The van der Waals surface area contributed by atoms with Gasteiger partial charge in [-0.3, -0.25) is 14.8 Å². The lowest BCUT2D eigenvalue weighted by Crippen LogP contribution is -2.31. The highest BCUT2D eigenvalue weighted by atomic mass is 32.1. The fourth-order valence-corrected chi connectivity index (χ4v) is 4.25. The molecule has 0 spiro atoms. The maximum absolute atomic E-state index is 12.9. The Kier molecular flexibility index (Phi) is 5.58. The zero-order valence-electron chi connectivity index (χ0n) is 15.4. The summed E-state index contributed by atoms with van der Waals surface area (Å²) < 4.78 is 1.10. The Morgan fingerprint density at radius 2 is 1.67 bits per heavy atom. The van der Waals surface area contributed by atoms with Crippen molar-refractivity contribution in [3.05, 3.63) is 70.1 Å². The zero-order valence-corrected chi connectivity index (χ0v) is 16.3. The molecular weight excluding hydrogens is 360 g/mol. The van der Waals surface area contributed by atoms with Gasteiger partial charge in [0.05, 0.1) is 10.9 Å². The van der Waals surface area contributed by atoms with Crippen LogP contribution in [0.1, 0.15) is 51.0 Å². The summed E-state index contributed by atoms with van der Waals surface area (Å²) >= 11 is 1.50. The molecule has 0 aliphatic carbocycles. The van der Waals surface area contributed by atoms with E-state index in [1.165, 1.54) is 11.3 Å². The summed E-state index contributed by atoms with van der Waals surface area (Å²) in [5, 5.41) is 13.0. The molecule has 140 valence electrons. The number of thiophene rings is 1. The molecule has 1 atom stereocenters. The van der Waals surface area contributed by atoms with Crippen LogP contribution in [0, 0.1) is 12.8 Å². The van der Waals surface area contributed by atoms with Crippen LogP contribution in [-0.4, -0.2) is 17.0 Å². The maximum atomic E-state index is 12.9. The van der Waals surface area contributed by atoms with Gasteiger partial charge in [-0.25, -0.2) is 5.48 Å². The molecule has 0 bridgehead atoms. The Labute approximate surface area is 162 Å². The van der Waals surface area contributed by atoms with Crippen LogP contribution in [0.4, 0.5) is 0 Å². The van der Waals surface area contributed by atoms with E-state index in [9.17, 15) is 9.59 Å². The highest BCUT2D eigenvalue weighted by molar-refractivity contribution is 7.21. The van der Waals surface area contributed by atoms with Crippen LogP contribution in [0.15, 0.2) is 48.5 Å². The van der Waals surface area contributed by atoms with E-state index >= 15 is 0 Å². The van der Waals surface area contributed by atoms with Crippen LogP contribution in [-0.2, 0) is 0 Å². The topological polar surface area (TPSA) is 78.4 Å². The maximum Gasteiger partial charge on any atom is 0.274 e. The molecular formula is C21H22N2O3S. The van der Waals surface area contributed by atoms with E-state index in [0.29, 0.717) is 5.56 Å². The molecule has 27 heavy (non-hydrogen) atoms. The third-order valence-corrected chi connectivity index (χ3v) is 5.91. The summed E-state index contributed by atoms with van der Waals surface area (Å²) in [6.45, 7) is 6.05. The number of rotatable bonds is 5. The van der Waals surface area contributed by atoms with Gasteiger partial charge in [0, 0.05) is 10.3 Å². The molecule has 1 aromatic heterocycles. The second kappa shape index (κ2) is 7.90. The number of aryl methyl sites for hydroxylation is 1. The monoisotopic (exact) mass is 382 g/mol. The quantitative estimate of drug-likeness (QED) is 0.450. The van der Waals surface area contributed by atoms with Crippen LogP contribution < -0.4 is 10.8 Å². The van der Waals surface area contributed by atoms with Crippen molar-refractivity contribution in [2.24, 2.45) is 5.92 Å². The molecule has 5 nitrogen and oxygen atoms in total. The predicted molar refractivity (Wildman–Crippen MR) is 107 cm³/mol. The van der Waals surface area contributed by atoms with Gasteiger partial charge in [-0.15, -0.1) is 11.3 Å². The number of hydroxylamine groups is 1. The zero-order chi connectivity index (χ0) is 19.6. The Balaban J connectivity index is 1.86. The summed E-state index contributed by atoms with van der Waals surface area (Å²) in [7, 11) is 0. The van der Waals surface area contributed by atoms with Crippen molar-refractivity contribution >= 4 is 33.2 Å². The van der Waals surface area contributed by atoms with E-state index in [1.807, 2.05) is 45.0 Å². The van der Waals surface area contributed by atoms with E-state index < -0.39 is 5.91 Å². The lowest BCUT2D eigenvalue weighted by atomic mass is 9.95. The molecule has 0 saturated heterocycles. The van der Waals surface area contributed by atoms with Crippen molar-refractivity contribution in [2.45, 2.75) is 26.8 Å². The number of fused-ring (bicyclic) bond motifs is 1. The van der Waals surface area contributed by atoms with Gasteiger partial charge in [0.15, 0.2) is 0 Å². The van der Waals surface area contributed by atoms with Gasteiger partial charge in [-0.2, -0.15) is 0 Å². The molecule has 0 radical (unpaired) electrons. The number of amides is 2. The number of hydrogen-bond donors (Lipinski definition) is 3. The normalized spacial score (nSPS) is 12.2. The second-order valence-electron chi connectivity index (χ2n) is 6.81. The van der Waals surface area contributed by atoms with E-state index in [4.69, 9.17) is 5.21 Å². The first-order valence-corrected chi connectivity index (χ1v) is 9.57. The molecule has 6 heteroatoms. The van der Waals surface area contributed by atoms with E-state index in [1.54, 1.807) is 29.7 Å². The Morgan fingerprint density at radius 3 is 2.26 bits per heavy atom. The average Bonchev–Trinajstić information content (AvgIpc) is 3.02. The molecule has 3 rings (SSSR count). The van der Waals surface area contributed by atoms with Gasteiger partial charge >= 0.3 is 0 Å². The van der Waals surface area contributed by atoms with Gasteiger partial charge in [0.1, 0.15) is 0 Å². The summed E-state index contributed by atoms with van der Waals surface area (Å²) in [4.78, 5) is 25.2. The van der Waals surface area contributed by atoms with E-state index in [2.05, 4.69) is 5.32 Å². The highest BCUT2D eigenvalue weighted by Crippen LogP contribution is 2.31. The van der Waals surface area contributed by atoms with Gasteiger partial charge < -0.3 is 5.32 Å². The first-order chi connectivity index (χ1) is 12.9. The fourth-order valence-electron chi connectivity index (χ4n) is 3.14. The first kappa shape index (κ1) is 19.1. The van der Waals surface area contributed by atoms with Crippen molar-refractivity contribution in [2.75, 3.05) is 0 Å². The van der Waals surface area contributed by atoms with E-state index in [0.717, 1.165) is 26.1 Å². The smallest absolute Gasteiger partial charge is 0.274 e. The molecule has 0 aliphatic rings. The predicted octanol–water partition coefficient (Wildman–Crippen LogP) is 4.46. The number of carbonyl (C=O) groups excluding carboxylic acids is 2. The molecule has 3 aromatic rings. The summed E-state index contributed by atoms with van der Waals surface area (Å²) in [5.74, 6) is -0.488. The van der Waals surface area contributed by atoms with Gasteiger partial charge in [-0.1, -0.05) is 44.2 Å². The van der Waals surface area contributed by atoms with Crippen molar-refractivity contribution in [3.8, 4) is 0 Å². The largest absolute Gasteiger partial charge is 0.344 e. The van der Waals surface area contributed by atoms with Crippen LogP contribution >= 0.6 is 11.3 Å². The Bertz CT molecular complexity index is 977. The SMILES string of the molecule is Cc1c(C(=O)N[C@@H](c2ccc(C(=O)NO)cc2)C(C)C)sc2ccccc12. The minimum atomic E-state index is -0.562. The Morgan fingerprint density at radius 1 is 1.00 bits per heavy atom. The molecule has 1 heterocycles. The number of carbonyl (C=O) groups is 2. The second-order valence-corrected chi connectivity index (χ2v) is 7.86. The van der Waals surface area contributed by atoms with Gasteiger partial charge in [0.25, 0.3) is 11.8 Å². The minimum absolute atomic E-state index is 0.0930. The fraction of sp³-hybridized carbons (Fsp3) is 0.238. The van der Waals surface area contributed by atoms with Crippen LogP contribution in [0.25, 0.3) is 10.1 Å². The molecule has 0 unspecified atom stereocenters. The van der Waals surface area contributed by atoms with Crippen molar-refractivity contribution < 1.29 is 14.8 Å². The van der Waals surface area contributed by atoms with Crippen LogP contribution in [0.5, 0.6) is 0 Å². The molecule has 2 amide bonds. The van der Waals surface area contributed by atoms with Gasteiger partial charge in [0.2, 0.25) is 0 Å². The van der Waals surface area contributed by atoms with Gasteiger partial charge in [-0.05, 0) is 47.6 Å².